The van der Waals surface area contributed by atoms with Crippen LogP contribution in [0.25, 0.3) is 16.8 Å². The molecule has 0 N–H and O–H groups in total. The van der Waals surface area contributed by atoms with Crippen LogP contribution in [0.15, 0.2) is 30.6 Å². The summed E-state index contributed by atoms with van der Waals surface area (Å²) in [5.41, 5.74) is 2.32. The lowest BCUT2D eigenvalue weighted by molar-refractivity contribution is 0.00783. The van der Waals surface area contributed by atoms with E-state index in [2.05, 4.69) is 4.98 Å². The van der Waals surface area contributed by atoms with Crippen molar-refractivity contribution >= 4 is 17.5 Å². The van der Waals surface area contributed by atoms with Crippen molar-refractivity contribution in [1.82, 2.24) is 24.2 Å². The summed E-state index contributed by atoms with van der Waals surface area (Å²) in [5, 5.41) is 0. The van der Waals surface area contributed by atoms with Crippen molar-refractivity contribution in [2.75, 3.05) is 19.6 Å². The molecule has 0 bridgehead atoms. The third-order valence-corrected chi connectivity index (χ3v) is 6.37. The van der Waals surface area contributed by atoms with E-state index in [1.165, 1.54) is 12.1 Å². The zero-order valence-electron chi connectivity index (χ0n) is 22.0. The smallest absolute Gasteiger partial charge is 0.410 e. The number of hydrogen-bond donors (Lipinski definition) is 0. The Kier molecular flexibility index (Phi) is 6.77. The highest BCUT2D eigenvalue weighted by molar-refractivity contribution is 6.02. The minimum Gasteiger partial charge on any atom is -0.444 e. The fourth-order valence-corrected chi connectivity index (χ4v) is 4.47. The third-order valence-electron chi connectivity index (χ3n) is 6.37. The van der Waals surface area contributed by atoms with Crippen LogP contribution in [0.2, 0.25) is 0 Å². The lowest BCUT2D eigenvalue weighted by atomic mass is 9.96. The van der Waals surface area contributed by atoms with E-state index in [0.29, 0.717) is 30.9 Å². The molecule has 0 radical (unpaired) electrons. The number of rotatable bonds is 5. The molecule has 4 rings (SSSR count). The monoisotopic (exact) mass is 495 g/mol. The van der Waals surface area contributed by atoms with Gasteiger partial charge >= 0.3 is 6.09 Å². The number of halogens is 1. The second-order valence-electron chi connectivity index (χ2n) is 10.5. The van der Waals surface area contributed by atoms with Gasteiger partial charge in [0.1, 0.15) is 17.2 Å². The van der Waals surface area contributed by atoms with Crippen molar-refractivity contribution in [3.05, 3.63) is 53.5 Å². The Bertz CT molecular complexity index is 1300. The molecule has 2 aromatic heterocycles. The van der Waals surface area contributed by atoms with E-state index in [-0.39, 0.29) is 29.5 Å². The first-order valence-electron chi connectivity index (χ1n) is 12.3. The first kappa shape index (κ1) is 25.6. The summed E-state index contributed by atoms with van der Waals surface area (Å²) in [6.45, 7) is 14.6. The second-order valence-corrected chi connectivity index (χ2v) is 10.5. The summed E-state index contributed by atoms with van der Waals surface area (Å²) in [6, 6.07) is 4.20. The lowest BCUT2D eigenvalue weighted by Gasteiger charge is -2.39. The summed E-state index contributed by atoms with van der Waals surface area (Å²) in [6.07, 6.45) is 3.29. The first-order valence-corrected chi connectivity index (χ1v) is 12.3. The number of hydrogen-bond acceptors (Lipinski definition) is 5. The van der Waals surface area contributed by atoms with Crippen molar-refractivity contribution in [1.29, 1.82) is 0 Å². The van der Waals surface area contributed by atoms with Crippen LogP contribution in [0.3, 0.4) is 0 Å². The van der Waals surface area contributed by atoms with Crippen LogP contribution in [-0.2, 0) is 4.74 Å². The minimum atomic E-state index is -0.561. The molecule has 0 aliphatic carbocycles. The third kappa shape index (κ3) is 4.92. The Hall–Kier alpha value is -3.49. The van der Waals surface area contributed by atoms with Gasteiger partial charge in [-0.3, -0.25) is 4.79 Å². The summed E-state index contributed by atoms with van der Waals surface area (Å²) < 4.78 is 21.8. The molecule has 1 saturated heterocycles. The van der Waals surface area contributed by atoms with Crippen LogP contribution in [-0.4, -0.2) is 67.4 Å². The maximum atomic E-state index is 14.4. The SMILES string of the molecule is CCN(C(=O)c1cc(F)ccc1-c1nc(C2CN(C(=O)OC(C)(C)C)C2)cn2c(C)ncc12)C(C)C. The summed E-state index contributed by atoms with van der Waals surface area (Å²) in [7, 11) is 0. The molecule has 1 aromatic carbocycles. The highest BCUT2D eigenvalue weighted by atomic mass is 19.1. The van der Waals surface area contributed by atoms with Gasteiger partial charge < -0.3 is 18.9 Å². The van der Waals surface area contributed by atoms with Gasteiger partial charge in [-0.05, 0) is 66.7 Å². The van der Waals surface area contributed by atoms with Gasteiger partial charge in [0.25, 0.3) is 5.91 Å². The highest BCUT2D eigenvalue weighted by Gasteiger charge is 2.36. The van der Waals surface area contributed by atoms with Crippen molar-refractivity contribution in [3.63, 3.8) is 0 Å². The number of benzene rings is 1. The molecule has 0 atom stereocenters. The number of amides is 2. The van der Waals surface area contributed by atoms with Crippen molar-refractivity contribution in [2.24, 2.45) is 0 Å². The largest absolute Gasteiger partial charge is 0.444 e. The number of aryl methyl sites for hydroxylation is 1. The van der Waals surface area contributed by atoms with Crippen molar-refractivity contribution in [3.8, 4) is 11.3 Å². The fourth-order valence-electron chi connectivity index (χ4n) is 4.47. The van der Waals surface area contributed by atoms with Crippen molar-refractivity contribution in [2.45, 2.75) is 66.0 Å². The van der Waals surface area contributed by atoms with E-state index in [1.807, 2.05) is 59.1 Å². The van der Waals surface area contributed by atoms with E-state index in [0.717, 1.165) is 17.0 Å². The van der Waals surface area contributed by atoms with E-state index >= 15 is 0 Å². The number of fused-ring (bicyclic) bond motifs is 1. The molecule has 0 unspecified atom stereocenters. The van der Waals surface area contributed by atoms with Crippen LogP contribution in [0, 0.1) is 12.7 Å². The minimum absolute atomic E-state index is 0.00451. The quantitative estimate of drug-likeness (QED) is 0.495. The Morgan fingerprint density at radius 1 is 1.25 bits per heavy atom. The zero-order chi connectivity index (χ0) is 26.4. The molecule has 2 amide bonds. The molecule has 0 saturated carbocycles. The van der Waals surface area contributed by atoms with Crippen LogP contribution in [0.4, 0.5) is 9.18 Å². The van der Waals surface area contributed by atoms with Gasteiger partial charge in [-0.1, -0.05) is 0 Å². The van der Waals surface area contributed by atoms with Crippen LogP contribution < -0.4 is 0 Å². The molecule has 3 aromatic rings. The van der Waals surface area contributed by atoms with E-state index < -0.39 is 11.4 Å². The van der Waals surface area contributed by atoms with Gasteiger partial charge in [0.05, 0.1) is 28.7 Å². The number of aromatic nitrogens is 3. The van der Waals surface area contributed by atoms with Gasteiger partial charge in [-0.2, -0.15) is 0 Å². The number of likely N-dealkylation sites (tertiary alicyclic amines) is 1. The van der Waals surface area contributed by atoms with Gasteiger partial charge in [0.2, 0.25) is 0 Å². The van der Waals surface area contributed by atoms with E-state index in [4.69, 9.17) is 9.72 Å². The average molecular weight is 496 g/mol. The molecule has 1 aliphatic heterocycles. The molecule has 3 heterocycles. The fraction of sp³-hybridized carbons (Fsp3) is 0.481. The summed E-state index contributed by atoms with van der Waals surface area (Å²) >= 11 is 0. The Morgan fingerprint density at radius 2 is 1.94 bits per heavy atom. The number of nitrogens with zero attached hydrogens (tertiary/aromatic N) is 5. The molecule has 8 nitrogen and oxygen atoms in total. The lowest BCUT2D eigenvalue weighted by Crippen LogP contribution is -2.50. The van der Waals surface area contributed by atoms with E-state index in [9.17, 15) is 14.0 Å². The topological polar surface area (TPSA) is 80.0 Å². The number of carbonyl (C=O) groups excluding carboxylic acids is 2. The summed E-state index contributed by atoms with van der Waals surface area (Å²) in [4.78, 5) is 38.6. The molecular formula is C27H34FN5O3. The van der Waals surface area contributed by atoms with Crippen LogP contribution in [0.5, 0.6) is 0 Å². The van der Waals surface area contributed by atoms with Gasteiger partial charge in [-0.15, -0.1) is 0 Å². The van der Waals surface area contributed by atoms with Crippen molar-refractivity contribution < 1.29 is 18.7 Å². The van der Waals surface area contributed by atoms with Gasteiger partial charge in [-0.25, -0.2) is 19.2 Å². The maximum absolute atomic E-state index is 14.4. The molecule has 192 valence electrons. The Labute approximate surface area is 211 Å². The van der Waals surface area contributed by atoms with Gasteiger partial charge in [0, 0.05) is 43.4 Å². The highest BCUT2D eigenvalue weighted by Crippen LogP contribution is 2.33. The predicted molar refractivity (Wildman–Crippen MR) is 136 cm³/mol. The molecule has 9 heteroatoms. The first-order chi connectivity index (χ1) is 16.9. The standard InChI is InChI=1S/C27H34FN5O3/c1-8-32(16(2)3)25(34)21-11-19(28)9-10-20(21)24-23-12-29-17(4)33(23)15-22(30-24)18-13-31(14-18)26(35)36-27(5,6)7/h9-12,15-16,18H,8,13-14H2,1-7H3. The van der Waals surface area contributed by atoms with Crippen LogP contribution >= 0.6 is 0 Å². The average Bonchev–Trinajstić information content (AvgIpc) is 3.12. The van der Waals surface area contributed by atoms with E-state index in [1.54, 1.807) is 22.1 Å². The molecule has 1 fully saturated rings. The normalized spacial score (nSPS) is 14.3. The molecular weight excluding hydrogens is 461 g/mol. The van der Waals surface area contributed by atoms with Crippen LogP contribution in [0.1, 0.15) is 69.3 Å². The number of imidazole rings is 1. The molecule has 1 aliphatic rings. The Morgan fingerprint density at radius 3 is 2.56 bits per heavy atom. The number of ether oxygens (including phenoxy) is 1. The second kappa shape index (κ2) is 9.52. The predicted octanol–water partition coefficient (Wildman–Crippen LogP) is 5.05. The summed E-state index contributed by atoms with van der Waals surface area (Å²) in [5.74, 6) is 0.0459. The maximum Gasteiger partial charge on any atom is 0.410 e. The zero-order valence-corrected chi connectivity index (χ0v) is 22.0. The molecule has 0 spiro atoms. The molecule has 36 heavy (non-hydrogen) atoms. The Balaban J connectivity index is 1.75. The number of carbonyl (C=O) groups is 2. The van der Waals surface area contributed by atoms with Gasteiger partial charge in [0.15, 0.2) is 0 Å².